The fraction of sp³-hybridized carbons (Fsp3) is 0.421. The maximum absolute atomic E-state index is 11.8. The fourth-order valence-electron chi connectivity index (χ4n) is 3.49. The SMILES string of the molecule is CC(=O)N1CCc2nc(N3CCCC3)nc(Nc3ccccc3)c2C1. The lowest BCUT2D eigenvalue weighted by Crippen LogP contribution is -2.36. The van der Waals surface area contributed by atoms with E-state index in [1.807, 2.05) is 35.2 Å². The number of carbonyl (C=O) groups excluding carboxylic acids is 1. The van der Waals surface area contributed by atoms with Crippen molar-refractivity contribution < 1.29 is 4.79 Å². The van der Waals surface area contributed by atoms with Crippen molar-refractivity contribution >= 4 is 23.4 Å². The maximum atomic E-state index is 11.8. The summed E-state index contributed by atoms with van der Waals surface area (Å²) in [6.07, 6.45) is 3.17. The lowest BCUT2D eigenvalue weighted by atomic mass is 10.1. The fourth-order valence-corrected chi connectivity index (χ4v) is 3.49. The first-order valence-electron chi connectivity index (χ1n) is 8.93. The van der Waals surface area contributed by atoms with Gasteiger partial charge in [-0.15, -0.1) is 0 Å². The number of nitrogens with zero attached hydrogens (tertiary/aromatic N) is 4. The second-order valence-electron chi connectivity index (χ2n) is 6.67. The van der Waals surface area contributed by atoms with Crippen molar-refractivity contribution in [3.63, 3.8) is 0 Å². The predicted octanol–water partition coefficient (Wildman–Crippen LogP) is 2.73. The molecule has 130 valence electrons. The van der Waals surface area contributed by atoms with Crippen molar-refractivity contribution in [1.29, 1.82) is 0 Å². The smallest absolute Gasteiger partial charge is 0.227 e. The van der Waals surface area contributed by atoms with Crippen LogP contribution in [-0.4, -0.2) is 40.4 Å². The van der Waals surface area contributed by atoms with Crippen LogP contribution in [0.15, 0.2) is 30.3 Å². The lowest BCUT2D eigenvalue weighted by Gasteiger charge is -2.30. The summed E-state index contributed by atoms with van der Waals surface area (Å²) in [5, 5.41) is 3.44. The highest BCUT2D eigenvalue weighted by Gasteiger charge is 2.26. The molecule has 0 saturated carbocycles. The molecule has 1 saturated heterocycles. The number of benzene rings is 1. The maximum Gasteiger partial charge on any atom is 0.227 e. The Morgan fingerprint density at radius 3 is 2.56 bits per heavy atom. The molecule has 1 amide bonds. The Kier molecular flexibility index (Phi) is 4.26. The van der Waals surface area contributed by atoms with Crippen molar-refractivity contribution in [1.82, 2.24) is 14.9 Å². The summed E-state index contributed by atoms with van der Waals surface area (Å²) in [5.41, 5.74) is 3.09. The van der Waals surface area contributed by atoms with E-state index in [1.165, 1.54) is 12.8 Å². The Balaban J connectivity index is 1.72. The van der Waals surface area contributed by atoms with Gasteiger partial charge in [0.05, 0.1) is 12.2 Å². The number of anilines is 3. The van der Waals surface area contributed by atoms with Crippen molar-refractivity contribution in [2.24, 2.45) is 0 Å². The van der Waals surface area contributed by atoms with Crippen LogP contribution >= 0.6 is 0 Å². The molecular weight excluding hydrogens is 314 g/mol. The molecule has 1 N–H and O–H groups in total. The topological polar surface area (TPSA) is 61.4 Å². The summed E-state index contributed by atoms with van der Waals surface area (Å²) in [5.74, 6) is 1.73. The minimum absolute atomic E-state index is 0.0972. The molecule has 1 aromatic heterocycles. The van der Waals surface area contributed by atoms with Crippen LogP contribution in [0.2, 0.25) is 0 Å². The summed E-state index contributed by atoms with van der Waals surface area (Å²) in [4.78, 5) is 25.6. The lowest BCUT2D eigenvalue weighted by molar-refractivity contribution is -0.129. The van der Waals surface area contributed by atoms with Crippen molar-refractivity contribution in [2.45, 2.75) is 32.7 Å². The predicted molar refractivity (Wildman–Crippen MR) is 98.0 cm³/mol. The van der Waals surface area contributed by atoms with E-state index in [4.69, 9.17) is 9.97 Å². The zero-order valence-corrected chi connectivity index (χ0v) is 14.5. The van der Waals surface area contributed by atoms with Crippen LogP contribution in [0.25, 0.3) is 0 Å². The standard InChI is InChI=1S/C19H23N5O/c1-14(25)24-12-9-17-16(13-24)18(20-15-7-3-2-4-8-15)22-19(21-17)23-10-5-6-11-23/h2-4,7-8H,5-6,9-13H2,1H3,(H,20,21,22). The molecule has 6 nitrogen and oxygen atoms in total. The highest BCUT2D eigenvalue weighted by atomic mass is 16.2. The number of carbonyl (C=O) groups is 1. The Hall–Kier alpha value is -2.63. The molecular formula is C19H23N5O. The van der Waals surface area contributed by atoms with Gasteiger partial charge in [-0.05, 0) is 25.0 Å². The molecule has 0 aliphatic carbocycles. The number of para-hydroxylation sites is 1. The van der Waals surface area contributed by atoms with Crippen LogP contribution in [-0.2, 0) is 17.8 Å². The minimum atomic E-state index is 0.0972. The van der Waals surface area contributed by atoms with Crippen molar-refractivity contribution in [3.05, 3.63) is 41.6 Å². The van der Waals surface area contributed by atoms with E-state index in [0.29, 0.717) is 6.54 Å². The third-order valence-electron chi connectivity index (χ3n) is 4.92. The number of amides is 1. The second-order valence-corrected chi connectivity index (χ2v) is 6.67. The van der Waals surface area contributed by atoms with Gasteiger partial charge in [0.25, 0.3) is 0 Å². The van der Waals surface area contributed by atoms with Gasteiger partial charge in [-0.2, -0.15) is 4.98 Å². The van der Waals surface area contributed by atoms with Crippen LogP contribution < -0.4 is 10.2 Å². The molecule has 25 heavy (non-hydrogen) atoms. The molecule has 0 unspecified atom stereocenters. The Morgan fingerprint density at radius 1 is 1.08 bits per heavy atom. The van der Waals surface area contributed by atoms with E-state index in [9.17, 15) is 4.79 Å². The van der Waals surface area contributed by atoms with Gasteiger partial charge in [0.2, 0.25) is 11.9 Å². The normalized spacial score (nSPS) is 16.7. The van der Waals surface area contributed by atoms with E-state index in [-0.39, 0.29) is 5.91 Å². The van der Waals surface area contributed by atoms with Crippen LogP contribution in [0.4, 0.5) is 17.5 Å². The molecule has 3 heterocycles. The van der Waals surface area contributed by atoms with Crippen LogP contribution in [0.3, 0.4) is 0 Å². The molecule has 0 bridgehead atoms. The molecule has 0 spiro atoms. The largest absolute Gasteiger partial charge is 0.341 e. The molecule has 2 aliphatic rings. The Morgan fingerprint density at radius 2 is 1.84 bits per heavy atom. The zero-order valence-electron chi connectivity index (χ0n) is 14.5. The average Bonchev–Trinajstić information content (AvgIpc) is 3.17. The quantitative estimate of drug-likeness (QED) is 0.933. The first-order chi connectivity index (χ1) is 12.2. The van der Waals surface area contributed by atoms with E-state index in [0.717, 1.165) is 54.8 Å². The highest BCUT2D eigenvalue weighted by Crippen LogP contribution is 2.29. The Labute approximate surface area is 147 Å². The first kappa shape index (κ1) is 15.9. The van der Waals surface area contributed by atoms with Crippen molar-refractivity contribution in [3.8, 4) is 0 Å². The van der Waals surface area contributed by atoms with Crippen LogP contribution in [0, 0.1) is 0 Å². The second kappa shape index (κ2) is 6.70. The number of fused-ring (bicyclic) bond motifs is 1. The molecule has 2 aromatic rings. The summed E-state index contributed by atoms with van der Waals surface area (Å²) < 4.78 is 0. The minimum Gasteiger partial charge on any atom is -0.341 e. The van der Waals surface area contributed by atoms with E-state index >= 15 is 0 Å². The molecule has 1 aromatic carbocycles. The van der Waals surface area contributed by atoms with Gasteiger partial charge in [-0.3, -0.25) is 4.79 Å². The van der Waals surface area contributed by atoms with Gasteiger partial charge in [-0.25, -0.2) is 4.98 Å². The number of hydrogen-bond acceptors (Lipinski definition) is 5. The van der Waals surface area contributed by atoms with Gasteiger partial charge in [0.1, 0.15) is 5.82 Å². The molecule has 0 atom stereocenters. The number of aromatic nitrogens is 2. The molecule has 2 aliphatic heterocycles. The molecule has 1 fully saturated rings. The van der Waals surface area contributed by atoms with E-state index in [1.54, 1.807) is 6.92 Å². The molecule has 0 radical (unpaired) electrons. The summed E-state index contributed by atoms with van der Waals surface area (Å²) in [6.45, 7) is 4.95. The van der Waals surface area contributed by atoms with E-state index in [2.05, 4.69) is 10.2 Å². The van der Waals surface area contributed by atoms with E-state index < -0.39 is 0 Å². The van der Waals surface area contributed by atoms with Gasteiger partial charge >= 0.3 is 0 Å². The number of rotatable bonds is 3. The summed E-state index contributed by atoms with van der Waals surface area (Å²) in [6, 6.07) is 10.0. The summed E-state index contributed by atoms with van der Waals surface area (Å²) in [7, 11) is 0. The van der Waals surface area contributed by atoms with Crippen molar-refractivity contribution in [2.75, 3.05) is 29.9 Å². The Bertz CT molecular complexity index is 771. The van der Waals surface area contributed by atoms with Crippen LogP contribution in [0.5, 0.6) is 0 Å². The van der Waals surface area contributed by atoms with Gasteiger partial charge in [-0.1, -0.05) is 18.2 Å². The number of nitrogens with one attached hydrogen (secondary N) is 1. The monoisotopic (exact) mass is 337 g/mol. The van der Waals surface area contributed by atoms with Crippen LogP contribution in [0.1, 0.15) is 31.0 Å². The highest BCUT2D eigenvalue weighted by molar-refractivity contribution is 5.74. The third-order valence-corrected chi connectivity index (χ3v) is 4.92. The van der Waals surface area contributed by atoms with Gasteiger partial charge < -0.3 is 15.1 Å². The van der Waals surface area contributed by atoms with Gasteiger partial charge in [0, 0.05) is 44.2 Å². The first-order valence-corrected chi connectivity index (χ1v) is 8.93. The summed E-state index contributed by atoms with van der Waals surface area (Å²) >= 11 is 0. The molecule has 4 rings (SSSR count). The zero-order chi connectivity index (χ0) is 17.2. The van der Waals surface area contributed by atoms with Gasteiger partial charge in [0.15, 0.2) is 0 Å². The number of hydrogen-bond donors (Lipinski definition) is 1. The molecule has 6 heteroatoms. The third kappa shape index (κ3) is 3.29. The average molecular weight is 337 g/mol.